The second-order valence-electron chi connectivity index (χ2n) is 7.51. The number of amides is 1. The average molecular weight is 436 g/mol. The Morgan fingerprint density at radius 2 is 1.68 bits per heavy atom. The van der Waals surface area contributed by atoms with E-state index in [9.17, 15) is 26.4 Å². The fourth-order valence-electron chi connectivity index (χ4n) is 1.95. The van der Waals surface area contributed by atoms with E-state index in [1.165, 1.54) is 0 Å². The van der Waals surface area contributed by atoms with E-state index in [0.29, 0.717) is 17.3 Å². The number of alkyl halides is 3. The number of hydrogen-bond donors (Lipinski definition) is 1. The largest absolute Gasteiger partial charge is 0.433 e. The number of anilines is 1. The predicted molar refractivity (Wildman–Crippen MR) is 97.7 cm³/mol. The van der Waals surface area contributed by atoms with E-state index < -0.39 is 37.3 Å². The molecule has 0 aliphatic heterocycles. The SMILES string of the molecule is CC(C)(C)c1nnc(NC(=O)C(C)(C)S(=O)(=O)c2ccc(C(F)(F)F)nc2)s1. The minimum Gasteiger partial charge on any atom is -0.299 e. The highest BCUT2D eigenvalue weighted by atomic mass is 32.2. The van der Waals surface area contributed by atoms with Crippen LogP contribution in [-0.2, 0) is 26.2 Å². The van der Waals surface area contributed by atoms with Gasteiger partial charge in [-0.25, -0.2) is 8.42 Å². The summed E-state index contributed by atoms with van der Waals surface area (Å²) in [6, 6.07) is 1.34. The zero-order valence-corrected chi connectivity index (χ0v) is 17.4. The van der Waals surface area contributed by atoms with E-state index in [2.05, 4.69) is 20.5 Å². The fourth-order valence-corrected chi connectivity index (χ4v) is 4.07. The van der Waals surface area contributed by atoms with Crippen LogP contribution in [0.2, 0.25) is 0 Å². The normalized spacial score (nSPS) is 13.4. The third-order valence-electron chi connectivity index (χ3n) is 3.84. The van der Waals surface area contributed by atoms with Crippen LogP contribution >= 0.6 is 11.3 Å². The number of aromatic nitrogens is 3. The summed E-state index contributed by atoms with van der Waals surface area (Å²) in [6.45, 7) is 8.03. The van der Waals surface area contributed by atoms with Crippen LogP contribution in [0, 0.1) is 0 Å². The Morgan fingerprint density at radius 3 is 2.11 bits per heavy atom. The maximum absolute atomic E-state index is 12.8. The molecule has 0 aliphatic rings. The van der Waals surface area contributed by atoms with Gasteiger partial charge in [0.25, 0.3) is 0 Å². The second-order valence-corrected chi connectivity index (χ2v) is 11.0. The van der Waals surface area contributed by atoms with Crippen molar-refractivity contribution in [1.82, 2.24) is 15.2 Å². The van der Waals surface area contributed by atoms with Crippen molar-refractivity contribution in [3.8, 4) is 0 Å². The first-order chi connectivity index (χ1) is 12.6. The van der Waals surface area contributed by atoms with E-state index in [-0.39, 0.29) is 10.5 Å². The van der Waals surface area contributed by atoms with Gasteiger partial charge in [0.15, 0.2) is 9.84 Å². The van der Waals surface area contributed by atoms with E-state index >= 15 is 0 Å². The molecule has 28 heavy (non-hydrogen) atoms. The molecule has 7 nitrogen and oxygen atoms in total. The van der Waals surface area contributed by atoms with Gasteiger partial charge in [0.2, 0.25) is 11.0 Å². The van der Waals surface area contributed by atoms with Crippen molar-refractivity contribution in [2.75, 3.05) is 5.32 Å². The van der Waals surface area contributed by atoms with E-state index in [1.807, 2.05) is 20.8 Å². The van der Waals surface area contributed by atoms with Crippen molar-refractivity contribution in [3.63, 3.8) is 0 Å². The molecule has 0 fully saturated rings. The Bertz CT molecular complexity index is 976. The number of hydrogen-bond acceptors (Lipinski definition) is 7. The predicted octanol–water partition coefficient (Wildman–Crippen LogP) is 3.44. The summed E-state index contributed by atoms with van der Waals surface area (Å²) >= 11 is 1.11. The van der Waals surface area contributed by atoms with Crippen molar-refractivity contribution in [2.45, 2.75) is 55.9 Å². The Hall–Kier alpha value is -2.08. The van der Waals surface area contributed by atoms with Crippen LogP contribution in [0.25, 0.3) is 0 Å². The minimum absolute atomic E-state index is 0.128. The monoisotopic (exact) mass is 436 g/mol. The smallest absolute Gasteiger partial charge is 0.299 e. The number of nitrogens with zero attached hydrogens (tertiary/aromatic N) is 3. The highest BCUT2D eigenvalue weighted by molar-refractivity contribution is 7.93. The summed E-state index contributed by atoms with van der Waals surface area (Å²) in [5.41, 5.74) is -1.52. The topological polar surface area (TPSA) is 102 Å². The first kappa shape index (κ1) is 22.2. The number of sulfone groups is 1. The molecule has 0 saturated carbocycles. The van der Waals surface area contributed by atoms with Gasteiger partial charge in [-0.2, -0.15) is 13.2 Å². The molecule has 0 spiro atoms. The third-order valence-corrected chi connectivity index (χ3v) is 7.50. The lowest BCUT2D eigenvalue weighted by Crippen LogP contribution is -2.44. The molecule has 2 rings (SSSR count). The molecule has 2 aromatic rings. The van der Waals surface area contributed by atoms with Crippen LogP contribution in [0.5, 0.6) is 0 Å². The van der Waals surface area contributed by atoms with Gasteiger partial charge in [-0.3, -0.25) is 15.1 Å². The van der Waals surface area contributed by atoms with Crippen LogP contribution in [0.3, 0.4) is 0 Å². The summed E-state index contributed by atoms with van der Waals surface area (Å²) in [6.07, 6.45) is -4.10. The van der Waals surface area contributed by atoms with Crippen molar-refractivity contribution in [1.29, 1.82) is 0 Å². The highest BCUT2D eigenvalue weighted by Crippen LogP contribution is 2.32. The molecule has 0 radical (unpaired) electrons. The molecule has 1 N–H and O–H groups in total. The molecule has 2 aromatic heterocycles. The summed E-state index contributed by atoms with van der Waals surface area (Å²) in [4.78, 5) is 15.2. The summed E-state index contributed by atoms with van der Waals surface area (Å²) < 4.78 is 61.5. The van der Waals surface area contributed by atoms with Gasteiger partial charge in [0, 0.05) is 11.6 Å². The van der Waals surface area contributed by atoms with E-state index in [0.717, 1.165) is 31.3 Å². The van der Waals surface area contributed by atoms with Crippen molar-refractivity contribution in [3.05, 3.63) is 29.0 Å². The lowest BCUT2D eigenvalue weighted by atomic mass is 9.98. The summed E-state index contributed by atoms with van der Waals surface area (Å²) in [5.74, 6) is -0.885. The van der Waals surface area contributed by atoms with Gasteiger partial charge >= 0.3 is 6.18 Å². The maximum atomic E-state index is 12.8. The van der Waals surface area contributed by atoms with Crippen LogP contribution in [0.1, 0.15) is 45.3 Å². The van der Waals surface area contributed by atoms with E-state index in [1.54, 1.807) is 0 Å². The molecule has 0 saturated heterocycles. The van der Waals surface area contributed by atoms with Crippen LogP contribution in [-0.4, -0.2) is 34.3 Å². The lowest BCUT2D eigenvalue weighted by Gasteiger charge is -2.23. The Labute approximate surface area is 164 Å². The van der Waals surface area contributed by atoms with Gasteiger partial charge in [-0.1, -0.05) is 32.1 Å². The molecule has 0 bridgehead atoms. The molecule has 154 valence electrons. The molecule has 2 heterocycles. The molecular formula is C16H19F3N4O3S2. The van der Waals surface area contributed by atoms with Gasteiger partial charge in [0.1, 0.15) is 15.4 Å². The number of carbonyl (C=O) groups is 1. The molecule has 0 aromatic carbocycles. The number of rotatable bonds is 4. The Balaban J connectivity index is 2.28. The van der Waals surface area contributed by atoms with Crippen LogP contribution in [0.15, 0.2) is 23.2 Å². The number of nitrogens with one attached hydrogen (secondary N) is 1. The zero-order valence-electron chi connectivity index (χ0n) is 15.7. The van der Waals surface area contributed by atoms with Crippen molar-refractivity contribution < 1.29 is 26.4 Å². The molecular weight excluding hydrogens is 417 g/mol. The number of halogens is 3. The fraction of sp³-hybridized carbons (Fsp3) is 0.500. The van der Waals surface area contributed by atoms with Gasteiger partial charge in [0.05, 0.1) is 4.90 Å². The molecule has 0 aliphatic carbocycles. The first-order valence-electron chi connectivity index (χ1n) is 8.00. The van der Waals surface area contributed by atoms with Crippen LogP contribution < -0.4 is 5.32 Å². The number of pyridine rings is 1. The minimum atomic E-state index is -4.70. The van der Waals surface area contributed by atoms with Gasteiger partial charge < -0.3 is 0 Å². The standard InChI is InChI=1S/C16H19F3N4O3S2/c1-14(2,3)12-22-23-13(27-12)21-11(24)15(4,5)28(25,26)9-6-7-10(20-8-9)16(17,18)19/h6-8H,1-5H3,(H,21,23,24). The molecule has 1 amide bonds. The average Bonchev–Trinajstić information content (AvgIpc) is 3.02. The summed E-state index contributed by atoms with van der Waals surface area (Å²) in [5, 5.41) is 11.0. The van der Waals surface area contributed by atoms with E-state index in [4.69, 9.17) is 0 Å². The molecule has 0 atom stereocenters. The van der Waals surface area contributed by atoms with Gasteiger partial charge in [-0.05, 0) is 26.0 Å². The molecule has 12 heteroatoms. The first-order valence-corrected chi connectivity index (χ1v) is 10.3. The Morgan fingerprint density at radius 1 is 1.07 bits per heavy atom. The Kier molecular flexibility index (Phi) is 5.61. The lowest BCUT2D eigenvalue weighted by molar-refractivity contribution is -0.141. The quantitative estimate of drug-likeness (QED) is 0.788. The second kappa shape index (κ2) is 7.07. The number of carbonyl (C=O) groups excluding carboxylic acids is 1. The zero-order chi connectivity index (χ0) is 21.5. The highest BCUT2D eigenvalue weighted by Gasteiger charge is 2.44. The molecule has 0 unspecified atom stereocenters. The van der Waals surface area contributed by atoms with Crippen LogP contribution in [0.4, 0.5) is 18.3 Å². The summed E-state index contributed by atoms with van der Waals surface area (Å²) in [7, 11) is -4.33. The van der Waals surface area contributed by atoms with Crippen molar-refractivity contribution in [2.24, 2.45) is 0 Å². The van der Waals surface area contributed by atoms with Crippen molar-refractivity contribution >= 4 is 32.2 Å². The van der Waals surface area contributed by atoms with Gasteiger partial charge in [-0.15, -0.1) is 10.2 Å². The third kappa shape index (κ3) is 4.32. The maximum Gasteiger partial charge on any atom is 0.433 e.